The van der Waals surface area contributed by atoms with Gasteiger partial charge in [0.2, 0.25) is 5.91 Å². The molecule has 102 valence electrons. The fourth-order valence-electron chi connectivity index (χ4n) is 3.91. The Kier molecular flexibility index (Phi) is 3.57. The third-order valence-electron chi connectivity index (χ3n) is 4.82. The second-order valence-electron chi connectivity index (χ2n) is 6.14. The molecule has 3 aliphatic rings. The predicted molar refractivity (Wildman–Crippen MR) is 69.2 cm³/mol. The minimum absolute atomic E-state index is 0.143. The molecule has 2 heterocycles. The van der Waals surface area contributed by atoms with E-state index >= 15 is 0 Å². The van der Waals surface area contributed by atoms with Gasteiger partial charge in [0.25, 0.3) is 0 Å². The summed E-state index contributed by atoms with van der Waals surface area (Å²) in [6.45, 7) is 0.953. The average Bonchev–Trinajstić information content (AvgIpc) is 2.67. The molecular weight excluding hydrogens is 228 g/mol. The molecule has 4 atom stereocenters. The maximum Gasteiger partial charge on any atom is 0.224 e. The number of hydrogen-bond donors (Lipinski definition) is 2. The van der Waals surface area contributed by atoms with Crippen LogP contribution in [0.5, 0.6) is 0 Å². The standard InChI is InChI=1S/C14H24N2O2/c17-11-5-3-4-10(8-11)15-12-9-14(18)16-7-2-1-6-13(12)16/h10-13,15,17H,1-9H2. The Morgan fingerprint density at radius 2 is 2.06 bits per heavy atom. The molecule has 0 aromatic rings. The molecule has 3 fully saturated rings. The SMILES string of the molecule is O=C1CC(NC2CCCC(O)C2)C2CCCCN12. The largest absolute Gasteiger partial charge is 0.393 e. The Bertz CT molecular complexity index is 321. The molecule has 0 radical (unpaired) electrons. The van der Waals surface area contributed by atoms with Gasteiger partial charge in [0.15, 0.2) is 0 Å². The van der Waals surface area contributed by atoms with E-state index in [9.17, 15) is 9.90 Å². The lowest BCUT2D eigenvalue weighted by atomic mass is 9.91. The van der Waals surface area contributed by atoms with E-state index in [1.165, 1.54) is 6.42 Å². The zero-order chi connectivity index (χ0) is 12.5. The Morgan fingerprint density at radius 3 is 2.89 bits per heavy atom. The van der Waals surface area contributed by atoms with Crippen molar-refractivity contribution in [1.82, 2.24) is 10.2 Å². The molecule has 0 aromatic heterocycles. The van der Waals surface area contributed by atoms with Crippen LogP contribution in [0.2, 0.25) is 0 Å². The van der Waals surface area contributed by atoms with Gasteiger partial charge in [0.05, 0.1) is 6.10 Å². The maximum atomic E-state index is 12.0. The van der Waals surface area contributed by atoms with Crippen LogP contribution in [-0.2, 0) is 4.79 Å². The van der Waals surface area contributed by atoms with Crippen LogP contribution in [0.3, 0.4) is 0 Å². The fourth-order valence-corrected chi connectivity index (χ4v) is 3.91. The van der Waals surface area contributed by atoms with Crippen LogP contribution in [0.1, 0.15) is 51.4 Å². The van der Waals surface area contributed by atoms with Crippen LogP contribution in [0.25, 0.3) is 0 Å². The summed E-state index contributed by atoms with van der Waals surface area (Å²) in [6, 6.07) is 1.16. The summed E-state index contributed by atoms with van der Waals surface area (Å²) in [7, 11) is 0. The van der Waals surface area contributed by atoms with Gasteiger partial charge in [0, 0.05) is 31.1 Å². The summed E-state index contributed by atoms with van der Waals surface area (Å²) in [5.74, 6) is 0.327. The number of nitrogens with zero attached hydrogens (tertiary/aromatic N) is 1. The minimum Gasteiger partial charge on any atom is -0.393 e. The molecule has 2 N–H and O–H groups in total. The van der Waals surface area contributed by atoms with Crippen molar-refractivity contribution in [3.63, 3.8) is 0 Å². The first-order chi connectivity index (χ1) is 8.74. The first-order valence-electron chi connectivity index (χ1n) is 7.47. The maximum absolute atomic E-state index is 12.0. The van der Waals surface area contributed by atoms with E-state index in [4.69, 9.17) is 0 Å². The van der Waals surface area contributed by atoms with Gasteiger partial charge in [-0.1, -0.05) is 0 Å². The molecule has 1 aliphatic carbocycles. The quantitative estimate of drug-likeness (QED) is 0.772. The van der Waals surface area contributed by atoms with Gasteiger partial charge < -0.3 is 15.3 Å². The normalized spacial score (nSPS) is 40.9. The second-order valence-corrected chi connectivity index (χ2v) is 6.14. The fraction of sp³-hybridized carbons (Fsp3) is 0.929. The number of hydrogen-bond acceptors (Lipinski definition) is 3. The van der Waals surface area contributed by atoms with E-state index in [1.807, 2.05) is 0 Å². The highest BCUT2D eigenvalue weighted by Crippen LogP contribution is 2.29. The van der Waals surface area contributed by atoms with Crippen LogP contribution in [0.15, 0.2) is 0 Å². The van der Waals surface area contributed by atoms with E-state index in [-0.39, 0.29) is 6.10 Å². The summed E-state index contributed by atoms with van der Waals surface area (Å²) in [5, 5.41) is 13.4. The van der Waals surface area contributed by atoms with Crippen molar-refractivity contribution in [2.75, 3.05) is 6.54 Å². The van der Waals surface area contributed by atoms with Gasteiger partial charge in [-0.2, -0.15) is 0 Å². The topological polar surface area (TPSA) is 52.6 Å². The molecule has 2 saturated heterocycles. The summed E-state index contributed by atoms with van der Waals surface area (Å²) < 4.78 is 0. The summed E-state index contributed by atoms with van der Waals surface area (Å²) >= 11 is 0. The van der Waals surface area contributed by atoms with Gasteiger partial charge in [-0.3, -0.25) is 4.79 Å². The molecule has 3 rings (SSSR count). The van der Waals surface area contributed by atoms with Gasteiger partial charge in [-0.05, 0) is 44.9 Å². The Morgan fingerprint density at radius 1 is 1.17 bits per heavy atom. The number of piperidine rings is 1. The van der Waals surface area contributed by atoms with Crippen molar-refractivity contribution < 1.29 is 9.90 Å². The predicted octanol–water partition coefficient (Wildman–Crippen LogP) is 1.03. The number of rotatable bonds is 2. The lowest BCUT2D eigenvalue weighted by Gasteiger charge is -2.35. The van der Waals surface area contributed by atoms with Crippen LogP contribution in [0, 0.1) is 0 Å². The molecule has 0 aromatic carbocycles. The number of carbonyl (C=O) groups excluding carboxylic acids is 1. The van der Waals surface area contributed by atoms with Crippen LogP contribution in [-0.4, -0.2) is 46.7 Å². The molecular formula is C14H24N2O2. The highest BCUT2D eigenvalue weighted by Gasteiger charge is 2.41. The number of nitrogens with one attached hydrogen (secondary N) is 1. The van der Waals surface area contributed by atoms with Gasteiger partial charge in [-0.15, -0.1) is 0 Å². The third kappa shape index (κ3) is 2.41. The molecule has 0 spiro atoms. The van der Waals surface area contributed by atoms with E-state index in [0.29, 0.717) is 30.5 Å². The number of carbonyl (C=O) groups is 1. The molecule has 1 saturated carbocycles. The van der Waals surface area contributed by atoms with E-state index < -0.39 is 0 Å². The highest BCUT2D eigenvalue weighted by molar-refractivity contribution is 5.80. The summed E-state index contributed by atoms with van der Waals surface area (Å²) in [4.78, 5) is 14.0. The molecule has 4 heteroatoms. The highest BCUT2D eigenvalue weighted by atomic mass is 16.3. The van der Waals surface area contributed by atoms with Crippen molar-refractivity contribution >= 4 is 5.91 Å². The van der Waals surface area contributed by atoms with Crippen molar-refractivity contribution in [1.29, 1.82) is 0 Å². The van der Waals surface area contributed by atoms with Crippen molar-refractivity contribution in [2.24, 2.45) is 0 Å². The Balaban J connectivity index is 1.60. The lowest BCUT2D eigenvalue weighted by molar-refractivity contribution is -0.129. The van der Waals surface area contributed by atoms with Crippen molar-refractivity contribution in [2.45, 2.75) is 75.6 Å². The molecule has 0 bridgehead atoms. The smallest absolute Gasteiger partial charge is 0.224 e. The monoisotopic (exact) mass is 252 g/mol. The summed E-state index contributed by atoms with van der Waals surface area (Å²) in [5.41, 5.74) is 0. The number of fused-ring (bicyclic) bond motifs is 1. The average molecular weight is 252 g/mol. The van der Waals surface area contributed by atoms with Crippen molar-refractivity contribution in [3.05, 3.63) is 0 Å². The van der Waals surface area contributed by atoms with Gasteiger partial charge in [0.1, 0.15) is 0 Å². The second kappa shape index (κ2) is 5.17. The van der Waals surface area contributed by atoms with Crippen LogP contribution in [0.4, 0.5) is 0 Å². The molecule has 1 amide bonds. The van der Waals surface area contributed by atoms with Crippen LogP contribution < -0.4 is 5.32 Å². The van der Waals surface area contributed by atoms with Crippen molar-refractivity contribution in [3.8, 4) is 0 Å². The zero-order valence-corrected chi connectivity index (χ0v) is 11.0. The van der Waals surface area contributed by atoms with Gasteiger partial charge >= 0.3 is 0 Å². The number of amides is 1. The van der Waals surface area contributed by atoms with E-state index in [2.05, 4.69) is 10.2 Å². The zero-order valence-electron chi connectivity index (χ0n) is 11.0. The molecule has 2 aliphatic heterocycles. The Labute approximate surface area is 109 Å². The van der Waals surface area contributed by atoms with E-state index in [0.717, 1.165) is 45.1 Å². The number of aliphatic hydroxyl groups is 1. The van der Waals surface area contributed by atoms with Gasteiger partial charge in [-0.25, -0.2) is 0 Å². The summed E-state index contributed by atoms with van der Waals surface area (Å²) in [6.07, 6.45) is 8.14. The first kappa shape index (κ1) is 12.4. The number of aliphatic hydroxyl groups excluding tert-OH is 1. The van der Waals surface area contributed by atoms with Crippen LogP contribution >= 0.6 is 0 Å². The molecule has 4 unspecified atom stereocenters. The minimum atomic E-state index is -0.143. The Hall–Kier alpha value is -0.610. The van der Waals surface area contributed by atoms with E-state index in [1.54, 1.807) is 0 Å². The molecule has 4 nitrogen and oxygen atoms in total. The first-order valence-corrected chi connectivity index (χ1v) is 7.47. The third-order valence-corrected chi connectivity index (χ3v) is 4.82. The molecule has 18 heavy (non-hydrogen) atoms. The lowest BCUT2D eigenvalue weighted by Crippen LogP contribution is -2.49.